The number of hydrogen-bond acceptors (Lipinski definition) is 12. The molecule has 0 unspecified atom stereocenters. The standard InChI is InChI=1S/3C12H15N5O2S.C6H6/c3*1-8-6-10(17(2)16-8)11(18)14-15-12(20)13-7-9-4-3-5-19-9;1-2-4-6-5-3-1/h3*3-6H,7H2,1-2H3,(H,14,18)(H2,13,15,20);1-6H. The van der Waals surface area contributed by atoms with Crippen LogP contribution in [0.5, 0.6) is 0 Å². The number of carbonyl (C=O) groups excluding carboxylic acids is 3. The summed E-state index contributed by atoms with van der Waals surface area (Å²) in [6, 6.07) is 27.9. The number of nitrogens with one attached hydrogen (secondary N) is 9. The van der Waals surface area contributed by atoms with Crippen LogP contribution >= 0.6 is 36.7 Å². The Bertz CT molecular complexity index is 2300. The van der Waals surface area contributed by atoms with Crippen molar-refractivity contribution in [2.24, 2.45) is 21.1 Å². The predicted molar refractivity (Wildman–Crippen MR) is 257 cm³/mol. The molecule has 66 heavy (non-hydrogen) atoms. The molecule has 7 aromatic rings. The van der Waals surface area contributed by atoms with E-state index in [-0.39, 0.29) is 17.7 Å². The van der Waals surface area contributed by atoms with Gasteiger partial charge in [-0.1, -0.05) is 36.4 Å². The van der Waals surface area contributed by atoms with Crippen LogP contribution in [0.15, 0.2) is 123 Å². The molecule has 3 amide bonds. The molecule has 24 heteroatoms. The number of thiocarbonyl (C=S) groups is 3. The molecule has 0 bridgehead atoms. The lowest BCUT2D eigenvalue weighted by Crippen LogP contribution is -2.46. The minimum atomic E-state index is -0.310. The molecule has 0 atom stereocenters. The van der Waals surface area contributed by atoms with Crippen molar-refractivity contribution < 1.29 is 27.6 Å². The molecule has 0 spiro atoms. The zero-order chi connectivity index (χ0) is 47.8. The number of aromatic nitrogens is 6. The van der Waals surface area contributed by atoms with Gasteiger partial charge in [0.25, 0.3) is 17.7 Å². The maximum atomic E-state index is 11.9. The summed E-state index contributed by atoms with van der Waals surface area (Å²) < 4.78 is 20.0. The maximum absolute atomic E-state index is 11.9. The third kappa shape index (κ3) is 18.1. The number of amides is 3. The van der Waals surface area contributed by atoms with E-state index in [0.717, 1.165) is 34.4 Å². The van der Waals surface area contributed by atoms with Crippen LogP contribution in [-0.2, 0) is 40.8 Å². The Labute approximate surface area is 396 Å². The van der Waals surface area contributed by atoms with Crippen LogP contribution in [-0.4, -0.2) is 62.4 Å². The number of rotatable bonds is 9. The summed E-state index contributed by atoms with van der Waals surface area (Å²) in [7, 11) is 5.11. The molecule has 0 saturated heterocycles. The third-order valence-electron chi connectivity index (χ3n) is 8.25. The van der Waals surface area contributed by atoms with Gasteiger partial charge >= 0.3 is 0 Å². The summed E-state index contributed by atoms with van der Waals surface area (Å²) in [5, 5.41) is 21.9. The quantitative estimate of drug-likeness (QED) is 0.0741. The molecule has 1 aromatic carbocycles. The van der Waals surface area contributed by atoms with Crippen molar-refractivity contribution in [2.75, 3.05) is 0 Å². The average Bonchev–Trinajstić information content (AvgIpc) is 4.18. The zero-order valence-electron chi connectivity index (χ0n) is 36.9. The smallest absolute Gasteiger partial charge is 0.287 e. The molecule has 0 aliphatic carbocycles. The molecule has 6 aromatic heterocycles. The molecular weight excluding hydrogens is 907 g/mol. The Morgan fingerprint density at radius 2 is 0.712 bits per heavy atom. The zero-order valence-corrected chi connectivity index (χ0v) is 39.3. The van der Waals surface area contributed by atoms with Gasteiger partial charge in [0.2, 0.25) is 0 Å². The number of benzene rings is 1. The van der Waals surface area contributed by atoms with Crippen LogP contribution in [0.25, 0.3) is 0 Å². The van der Waals surface area contributed by atoms with Crippen LogP contribution in [0.1, 0.15) is 65.8 Å². The highest BCUT2D eigenvalue weighted by atomic mass is 32.1. The van der Waals surface area contributed by atoms with Crippen LogP contribution in [0.4, 0.5) is 0 Å². The molecule has 348 valence electrons. The maximum Gasteiger partial charge on any atom is 0.287 e. The summed E-state index contributed by atoms with van der Waals surface area (Å²) in [4.78, 5) is 35.6. The second kappa shape index (κ2) is 26.7. The number of hydrogen-bond donors (Lipinski definition) is 9. The minimum absolute atomic E-state index is 0.300. The van der Waals surface area contributed by atoms with E-state index in [4.69, 9.17) is 49.9 Å². The summed E-state index contributed by atoms with van der Waals surface area (Å²) in [5.74, 6) is 1.33. The topological polar surface area (TPSA) is 252 Å². The normalized spacial score (nSPS) is 9.91. The van der Waals surface area contributed by atoms with Crippen LogP contribution < -0.4 is 48.5 Å². The number of hydrazine groups is 3. The fraction of sp³-hybridized carbons (Fsp3) is 0.214. The molecule has 9 N–H and O–H groups in total. The number of aryl methyl sites for hydroxylation is 6. The lowest BCUT2D eigenvalue weighted by atomic mass is 10.3. The molecule has 0 aliphatic heterocycles. The van der Waals surface area contributed by atoms with Gasteiger partial charge in [0, 0.05) is 21.1 Å². The van der Waals surface area contributed by atoms with Gasteiger partial charge < -0.3 is 29.2 Å². The summed E-state index contributed by atoms with van der Waals surface area (Å²) in [5.41, 5.74) is 19.0. The van der Waals surface area contributed by atoms with E-state index in [2.05, 4.69) is 63.8 Å². The molecule has 0 aliphatic rings. The monoisotopic (exact) mass is 957 g/mol. The first-order valence-electron chi connectivity index (χ1n) is 19.8. The molecule has 0 fully saturated rings. The highest BCUT2D eigenvalue weighted by Crippen LogP contribution is 2.04. The summed E-state index contributed by atoms with van der Waals surface area (Å²) in [6.45, 7) is 6.79. The number of furan rings is 3. The molecule has 0 saturated carbocycles. The van der Waals surface area contributed by atoms with E-state index in [0.29, 0.717) is 52.1 Å². The second-order valence-corrected chi connectivity index (χ2v) is 14.8. The molecular formula is C42H51N15O6S3. The molecule has 0 radical (unpaired) electrons. The lowest BCUT2D eigenvalue weighted by Gasteiger charge is -2.10. The molecule has 6 heterocycles. The van der Waals surface area contributed by atoms with E-state index in [1.165, 1.54) is 14.0 Å². The Morgan fingerprint density at radius 1 is 0.455 bits per heavy atom. The van der Waals surface area contributed by atoms with E-state index in [9.17, 15) is 14.4 Å². The SMILES string of the molecule is Cc1cc(C(=O)NNC(=S)NCc2ccco2)n(C)n1.Cc1cc(C(=O)NNC(=S)NCc2ccco2)n(C)n1.Cc1cc(C(=O)NNC(=S)NCc2ccco2)n(C)n1.c1ccccc1. The van der Waals surface area contributed by atoms with Crippen molar-refractivity contribution in [1.29, 1.82) is 0 Å². The van der Waals surface area contributed by atoms with Crippen molar-refractivity contribution in [1.82, 2.24) is 77.8 Å². The first kappa shape index (κ1) is 50.8. The van der Waals surface area contributed by atoms with Gasteiger partial charge in [0.1, 0.15) is 34.4 Å². The Morgan fingerprint density at radius 3 is 0.909 bits per heavy atom. The van der Waals surface area contributed by atoms with E-state index < -0.39 is 0 Å². The van der Waals surface area contributed by atoms with E-state index in [1.807, 2.05) is 75.4 Å². The first-order valence-corrected chi connectivity index (χ1v) is 21.0. The molecule has 7 rings (SSSR count). The van der Waals surface area contributed by atoms with Gasteiger partial charge in [-0.2, -0.15) is 15.3 Å². The summed E-state index contributed by atoms with van der Waals surface area (Å²) >= 11 is 15.1. The van der Waals surface area contributed by atoms with Gasteiger partial charge in [-0.15, -0.1) is 0 Å². The Hall–Kier alpha value is -7.83. The van der Waals surface area contributed by atoms with Gasteiger partial charge in [-0.3, -0.25) is 61.0 Å². The van der Waals surface area contributed by atoms with Crippen molar-refractivity contribution in [3.05, 3.63) is 161 Å². The fourth-order valence-corrected chi connectivity index (χ4v) is 5.63. The highest BCUT2D eigenvalue weighted by Gasteiger charge is 2.14. The minimum Gasteiger partial charge on any atom is -0.467 e. The first-order chi connectivity index (χ1) is 31.7. The third-order valence-corrected chi connectivity index (χ3v) is 8.99. The predicted octanol–water partition coefficient (Wildman–Crippen LogP) is 3.58. The van der Waals surface area contributed by atoms with E-state index in [1.54, 1.807) is 76.3 Å². The second-order valence-electron chi connectivity index (χ2n) is 13.6. The number of carbonyl (C=O) groups is 3. The largest absolute Gasteiger partial charge is 0.467 e. The van der Waals surface area contributed by atoms with Crippen molar-refractivity contribution in [3.8, 4) is 0 Å². The summed E-state index contributed by atoms with van der Waals surface area (Å²) in [6.07, 6.45) is 4.75. The number of nitrogens with zero attached hydrogens (tertiary/aromatic N) is 6. The molecule has 21 nitrogen and oxygen atoms in total. The van der Waals surface area contributed by atoms with Gasteiger partial charge in [0.15, 0.2) is 15.3 Å². The van der Waals surface area contributed by atoms with Crippen LogP contribution in [0.2, 0.25) is 0 Å². The fourth-order valence-electron chi connectivity index (χ4n) is 5.26. The Kier molecular flexibility index (Phi) is 20.6. The van der Waals surface area contributed by atoms with E-state index >= 15 is 0 Å². The van der Waals surface area contributed by atoms with Gasteiger partial charge in [0.05, 0.1) is 55.5 Å². The Balaban J connectivity index is 0.000000203. The van der Waals surface area contributed by atoms with Crippen LogP contribution in [0, 0.1) is 20.8 Å². The van der Waals surface area contributed by atoms with Crippen LogP contribution in [0.3, 0.4) is 0 Å². The average molecular weight is 958 g/mol. The van der Waals surface area contributed by atoms with Gasteiger partial charge in [-0.25, -0.2) is 0 Å². The highest BCUT2D eigenvalue weighted by molar-refractivity contribution is 7.80. The van der Waals surface area contributed by atoms with Gasteiger partial charge in [-0.05, 0) is 112 Å². The van der Waals surface area contributed by atoms with Crippen molar-refractivity contribution >= 4 is 69.7 Å². The lowest BCUT2D eigenvalue weighted by molar-refractivity contribution is 0.0926. The van der Waals surface area contributed by atoms with Crippen molar-refractivity contribution in [3.63, 3.8) is 0 Å². The van der Waals surface area contributed by atoms with Crippen molar-refractivity contribution in [2.45, 2.75) is 40.4 Å².